The molecule has 0 bridgehead atoms. The second kappa shape index (κ2) is 5.80. The Morgan fingerprint density at radius 1 is 1.31 bits per heavy atom. The zero-order valence-electron chi connectivity index (χ0n) is 9.57. The van der Waals surface area contributed by atoms with E-state index in [0.717, 1.165) is 22.9 Å². The van der Waals surface area contributed by atoms with Gasteiger partial charge in [0.15, 0.2) is 5.82 Å². The minimum atomic E-state index is 0.834. The molecule has 0 spiro atoms. The third kappa shape index (κ3) is 2.92. The fraction of sp³-hybridized carbons (Fsp3) is 0.500. The Morgan fingerprint density at radius 3 is 3.00 bits per heavy atom. The molecule has 4 heteroatoms. The molecule has 0 saturated carbocycles. The van der Waals surface area contributed by atoms with E-state index in [1.54, 1.807) is 11.3 Å². The van der Waals surface area contributed by atoms with Crippen LogP contribution in [0.2, 0.25) is 0 Å². The van der Waals surface area contributed by atoms with E-state index in [0.29, 0.717) is 0 Å². The third-order valence-corrected chi connectivity index (χ3v) is 3.41. The van der Waals surface area contributed by atoms with Crippen LogP contribution < -0.4 is 0 Å². The molecule has 2 heterocycles. The average molecular weight is 235 g/mol. The molecule has 0 aliphatic rings. The topological polar surface area (TPSA) is 41.6 Å². The lowest BCUT2D eigenvalue weighted by atomic mass is 10.1. The number of hydrogen-bond acceptors (Lipinski definition) is 3. The van der Waals surface area contributed by atoms with E-state index in [2.05, 4.69) is 28.2 Å². The molecule has 16 heavy (non-hydrogen) atoms. The van der Waals surface area contributed by atoms with E-state index in [9.17, 15) is 0 Å². The van der Waals surface area contributed by atoms with Gasteiger partial charge in [-0.1, -0.05) is 32.3 Å². The highest BCUT2D eigenvalue weighted by atomic mass is 32.1. The fourth-order valence-corrected chi connectivity index (χ4v) is 2.30. The van der Waals surface area contributed by atoms with Crippen molar-refractivity contribution in [1.29, 1.82) is 0 Å². The van der Waals surface area contributed by atoms with Crippen LogP contribution in [0.1, 0.15) is 38.4 Å². The fourth-order valence-electron chi connectivity index (χ4n) is 1.64. The van der Waals surface area contributed by atoms with Crippen molar-refractivity contribution in [1.82, 2.24) is 15.2 Å². The van der Waals surface area contributed by atoms with Crippen molar-refractivity contribution >= 4 is 11.3 Å². The molecule has 0 radical (unpaired) electrons. The van der Waals surface area contributed by atoms with E-state index in [-0.39, 0.29) is 0 Å². The molecular formula is C12H17N3S. The predicted octanol–water partition coefficient (Wildman–Crippen LogP) is 3.66. The van der Waals surface area contributed by atoms with E-state index >= 15 is 0 Å². The number of aromatic amines is 1. The van der Waals surface area contributed by atoms with Crippen LogP contribution in [0.25, 0.3) is 10.7 Å². The lowest BCUT2D eigenvalue weighted by Gasteiger charge is -1.95. The first-order valence-electron chi connectivity index (χ1n) is 5.85. The maximum Gasteiger partial charge on any atom is 0.191 e. The van der Waals surface area contributed by atoms with Gasteiger partial charge >= 0.3 is 0 Å². The highest BCUT2D eigenvalue weighted by molar-refractivity contribution is 7.13. The first-order chi connectivity index (χ1) is 7.90. The number of unbranched alkanes of at least 4 members (excludes halogenated alkanes) is 3. The van der Waals surface area contributed by atoms with Crippen molar-refractivity contribution in [2.24, 2.45) is 0 Å². The Kier molecular flexibility index (Phi) is 4.10. The first kappa shape index (κ1) is 11.3. The Hall–Kier alpha value is -1.16. The monoisotopic (exact) mass is 235 g/mol. The molecular weight excluding hydrogens is 218 g/mol. The number of nitrogens with zero attached hydrogens (tertiary/aromatic N) is 2. The standard InChI is InChI=1S/C12H17N3S/c1-2-3-4-5-8-11-13-12(15-14-11)10-7-6-9-16-10/h6-7,9H,2-5,8H2,1H3,(H,13,14,15). The van der Waals surface area contributed by atoms with Crippen LogP contribution in [0.3, 0.4) is 0 Å². The number of thiophene rings is 1. The van der Waals surface area contributed by atoms with Crippen LogP contribution in [0.4, 0.5) is 0 Å². The Labute approximate surface area is 99.9 Å². The van der Waals surface area contributed by atoms with Gasteiger partial charge in [-0.15, -0.1) is 11.3 Å². The summed E-state index contributed by atoms with van der Waals surface area (Å²) in [4.78, 5) is 5.63. The van der Waals surface area contributed by atoms with Gasteiger partial charge in [-0.2, -0.15) is 5.10 Å². The van der Waals surface area contributed by atoms with Crippen molar-refractivity contribution in [3.63, 3.8) is 0 Å². The maximum absolute atomic E-state index is 4.49. The lowest BCUT2D eigenvalue weighted by molar-refractivity contribution is 0.653. The molecule has 0 atom stereocenters. The lowest BCUT2D eigenvalue weighted by Crippen LogP contribution is -1.88. The summed E-state index contributed by atoms with van der Waals surface area (Å²) in [6.07, 6.45) is 6.08. The molecule has 0 aliphatic carbocycles. The van der Waals surface area contributed by atoms with Gasteiger partial charge < -0.3 is 0 Å². The van der Waals surface area contributed by atoms with Gasteiger partial charge in [0.25, 0.3) is 0 Å². The highest BCUT2D eigenvalue weighted by Crippen LogP contribution is 2.20. The van der Waals surface area contributed by atoms with Gasteiger partial charge in [-0.25, -0.2) is 4.98 Å². The minimum absolute atomic E-state index is 0.834. The number of H-pyrrole nitrogens is 1. The van der Waals surface area contributed by atoms with Crippen LogP contribution in [0.5, 0.6) is 0 Å². The molecule has 2 aromatic rings. The van der Waals surface area contributed by atoms with Crippen LogP contribution >= 0.6 is 11.3 Å². The van der Waals surface area contributed by atoms with Crippen LogP contribution in [0.15, 0.2) is 17.5 Å². The molecule has 0 unspecified atom stereocenters. The van der Waals surface area contributed by atoms with Gasteiger partial charge in [-0.05, 0) is 17.9 Å². The van der Waals surface area contributed by atoms with Crippen molar-refractivity contribution in [2.75, 3.05) is 0 Å². The largest absolute Gasteiger partial charge is 0.263 e. The summed E-state index contributed by atoms with van der Waals surface area (Å²) >= 11 is 1.68. The van der Waals surface area contributed by atoms with Gasteiger partial charge in [0.05, 0.1) is 4.88 Å². The summed E-state index contributed by atoms with van der Waals surface area (Å²) in [7, 11) is 0. The number of hydrogen-bond donors (Lipinski definition) is 1. The first-order valence-corrected chi connectivity index (χ1v) is 6.73. The second-order valence-electron chi connectivity index (χ2n) is 3.89. The predicted molar refractivity (Wildman–Crippen MR) is 67.5 cm³/mol. The van der Waals surface area contributed by atoms with Gasteiger partial charge in [0.2, 0.25) is 0 Å². The van der Waals surface area contributed by atoms with Crippen molar-refractivity contribution in [3.05, 3.63) is 23.3 Å². The van der Waals surface area contributed by atoms with Crippen molar-refractivity contribution in [2.45, 2.75) is 39.0 Å². The molecule has 3 nitrogen and oxygen atoms in total. The number of aromatic nitrogens is 3. The smallest absolute Gasteiger partial charge is 0.191 e. The molecule has 0 aliphatic heterocycles. The Morgan fingerprint density at radius 2 is 2.25 bits per heavy atom. The molecule has 1 N–H and O–H groups in total. The number of aryl methyl sites for hydroxylation is 1. The molecule has 0 amide bonds. The average Bonchev–Trinajstić information content (AvgIpc) is 2.94. The number of nitrogens with one attached hydrogen (secondary N) is 1. The molecule has 86 valence electrons. The van der Waals surface area contributed by atoms with Crippen LogP contribution in [0, 0.1) is 0 Å². The third-order valence-electron chi connectivity index (χ3n) is 2.54. The summed E-state index contributed by atoms with van der Waals surface area (Å²) < 4.78 is 0. The van der Waals surface area contributed by atoms with Gasteiger partial charge in [0, 0.05) is 6.42 Å². The minimum Gasteiger partial charge on any atom is -0.263 e. The molecule has 2 aromatic heterocycles. The van der Waals surface area contributed by atoms with Crippen molar-refractivity contribution < 1.29 is 0 Å². The molecule has 0 fully saturated rings. The quantitative estimate of drug-likeness (QED) is 0.776. The highest BCUT2D eigenvalue weighted by Gasteiger charge is 2.05. The summed E-state index contributed by atoms with van der Waals surface area (Å²) in [6.45, 7) is 2.23. The molecule has 0 saturated heterocycles. The Bertz CT molecular complexity index is 406. The summed E-state index contributed by atoms with van der Waals surface area (Å²) in [5, 5.41) is 9.30. The summed E-state index contributed by atoms with van der Waals surface area (Å²) in [5.41, 5.74) is 0. The van der Waals surface area contributed by atoms with E-state index < -0.39 is 0 Å². The van der Waals surface area contributed by atoms with Crippen molar-refractivity contribution in [3.8, 4) is 10.7 Å². The van der Waals surface area contributed by atoms with E-state index in [1.807, 2.05) is 11.4 Å². The normalized spacial score (nSPS) is 10.8. The van der Waals surface area contributed by atoms with E-state index in [1.165, 1.54) is 25.7 Å². The van der Waals surface area contributed by atoms with Gasteiger partial charge in [-0.3, -0.25) is 5.10 Å². The molecule has 2 rings (SSSR count). The summed E-state index contributed by atoms with van der Waals surface area (Å²) in [5.74, 6) is 1.85. The van der Waals surface area contributed by atoms with E-state index in [4.69, 9.17) is 0 Å². The molecule has 0 aromatic carbocycles. The zero-order chi connectivity index (χ0) is 11.2. The zero-order valence-corrected chi connectivity index (χ0v) is 10.4. The van der Waals surface area contributed by atoms with Gasteiger partial charge in [0.1, 0.15) is 5.82 Å². The second-order valence-corrected chi connectivity index (χ2v) is 4.84. The van der Waals surface area contributed by atoms with Crippen LogP contribution in [-0.2, 0) is 6.42 Å². The Balaban J connectivity index is 1.88. The van der Waals surface area contributed by atoms with Crippen LogP contribution in [-0.4, -0.2) is 15.2 Å². The SMILES string of the molecule is CCCCCCc1nc(-c2cccs2)n[nH]1. The maximum atomic E-state index is 4.49. The number of rotatable bonds is 6. The summed E-state index contributed by atoms with van der Waals surface area (Å²) in [6, 6.07) is 4.08.